The van der Waals surface area contributed by atoms with Gasteiger partial charge < -0.3 is 9.73 Å². The second-order valence-electron chi connectivity index (χ2n) is 4.67. The van der Waals surface area contributed by atoms with Crippen molar-refractivity contribution in [2.75, 3.05) is 19.6 Å². The number of sulfonamides is 1. The molecule has 1 saturated heterocycles. The molecule has 3 rings (SSSR count). The van der Waals surface area contributed by atoms with Gasteiger partial charge in [-0.15, -0.1) is 0 Å². The van der Waals surface area contributed by atoms with E-state index in [9.17, 15) is 8.42 Å². The number of nitrogens with zero attached hydrogens (tertiary/aromatic N) is 2. The molecule has 1 aliphatic rings. The Bertz CT molecular complexity index is 662. The molecule has 1 aromatic heterocycles. The molecule has 0 aliphatic carbocycles. The number of piperazine rings is 1. The highest BCUT2D eigenvalue weighted by atomic mass is 32.2. The number of hydrogen-bond acceptors (Lipinski definition) is 5. The molecule has 0 unspecified atom stereocenters. The summed E-state index contributed by atoms with van der Waals surface area (Å²) in [4.78, 5) is 4.07. The molecular weight excluding hydrogens is 266 g/mol. The smallest absolute Gasteiger partial charge is 0.332 e. The third kappa shape index (κ3) is 2.24. The lowest BCUT2D eigenvalue weighted by Crippen LogP contribution is -2.51. The summed E-state index contributed by atoms with van der Waals surface area (Å²) in [6.45, 7) is 3.46. The van der Waals surface area contributed by atoms with Crippen molar-refractivity contribution in [1.82, 2.24) is 14.6 Å². The van der Waals surface area contributed by atoms with Gasteiger partial charge in [-0.05, 0) is 19.1 Å². The second-order valence-corrected chi connectivity index (χ2v) is 6.48. The van der Waals surface area contributed by atoms with Gasteiger partial charge in [-0.2, -0.15) is 9.29 Å². The van der Waals surface area contributed by atoms with Crippen molar-refractivity contribution in [2.45, 2.75) is 18.2 Å². The van der Waals surface area contributed by atoms with Crippen molar-refractivity contribution in [3.63, 3.8) is 0 Å². The van der Waals surface area contributed by atoms with E-state index in [0.717, 1.165) is 0 Å². The van der Waals surface area contributed by atoms with Crippen LogP contribution in [0.15, 0.2) is 33.9 Å². The molecule has 1 aliphatic heterocycles. The fraction of sp³-hybridized carbons (Fsp3) is 0.417. The van der Waals surface area contributed by atoms with E-state index in [1.54, 1.807) is 24.3 Å². The van der Waals surface area contributed by atoms with Gasteiger partial charge in [-0.3, -0.25) is 0 Å². The lowest BCUT2D eigenvalue weighted by Gasteiger charge is -2.29. The van der Waals surface area contributed by atoms with Crippen LogP contribution < -0.4 is 5.32 Å². The van der Waals surface area contributed by atoms with E-state index in [0.29, 0.717) is 30.7 Å². The average molecular weight is 281 g/mol. The van der Waals surface area contributed by atoms with Crippen molar-refractivity contribution in [3.8, 4) is 0 Å². The van der Waals surface area contributed by atoms with Crippen LogP contribution in [0, 0.1) is 0 Å². The van der Waals surface area contributed by atoms with Gasteiger partial charge in [-0.25, -0.2) is 8.42 Å². The highest BCUT2D eigenvalue weighted by Gasteiger charge is 2.32. The molecule has 7 heteroatoms. The number of hydrogen-bond donors (Lipinski definition) is 1. The molecule has 6 nitrogen and oxygen atoms in total. The Kier molecular flexibility index (Phi) is 3.04. The third-order valence-corrected chi connectivity index (χ3v) is 4.79. The Labute approximate surface area is 111 Å². The Balaban J connectivity index is 1.99. The standard InChI is InChI=1S/C12H15N3O3S/c1-9-8-15(7-6-13-9)19(16,17)12-14-10-4-2-3-5-11(10)18-12/h2-5,9,13H,6-8H2,1H3/t9-/m0/s1. The molecule has 0 bridgehead atoms. The first-order valence-corrected chi connectivity index (χ1v) is 7.60. The number of benzene rings is 1. The fourth-order valence-corrected chi connectivity index (χ4v) is 3.57. The van der Waals surface area contributed by atoms with Crippen LogP contribution in [-0.2, 0) is 10.0 Å². The molecule has 2 heterocycles. The zero-order valence-corrected chi connectivity index (χ0v) is 11.4. The van der Waals surface area contributed by atoms with Crippen LogP contribution in [0.4, 0.5) is 0 Å². The molecule has 0 radical (unpaired) electrons. The number of oxazole rings is 1. The summed E-state index contributed by atoms with van der Waals surface area (Å²) in [5.41, 5.74) is 1.05. The van der Waals surface area contributed by atoms with E-state index in [-0.39, 0.29) is 11.3 Å². The van der Waals surface area contributed by atoms with Gasteiger partial charge in [0, 0.05) is 25.7 Å². The van der Waals surface area contributed by atoms with Crippen molar-refractivity contribution < 1.29 is 12.8 Å². The summed E-state index contributed by atoms with van der Waals surface area (Å²) in [5.74, 6) is 0. The molecule has 0 spiro atoms. The molecule has 19 heavy (non-hydrogen) atoms. The zero-order valence-electron chi connectivity index (χ0n) is 10.5. The van der Waals surface area contributed by atoms with Crippen molar-refractivity contribution in [3.05, 3.63) is 24.3 Å². The van der Waals surface area contributed by atoms with Crippen LogP contribution in [0.25, 0.3) is 11.1 Å². The van der Waals surface area contributed by atoms with Gasteiger partial charge >= 0.3 is 5.22 Å². The average Bonchev–Trinajstić information content (AvgIpc) is 2.83. The lowest BCUT2D eigenvalue weighted by molar-refractivity contribution is 0.300. The number of aromatic nitrogens is 1. The molecule has 1 atom stereocenters. The number of fused-ring (bicyclic) bond motifs is 1. The molecule has 1 fully saturated rings. The zero-order chi connectivity index (χ0) is 13.5. The maximum absolute atomic E-state index is 12.4. The number of para-hydroxylation sites is 2. The van der Waals surface area contributed by atoms with Crippen LogP contribution in [-0.4, -0.2) is 43.4 Å². The number of rotatable bonds is 2. The summed E-state index contributed by atoms with van der Waals surface area (Å²) >= 11 is 0. The van der Waals surface area contributed by atoms with Gasteiger partial charge in [-0.1, -0.05) is 12.1 Å². The number of nitrogens with one attached hydrogen (secondary N) is 1. The molecule has 102 valence electrons. The first-order chi connectivity index (χ1) is 9.07. The van der Waals surface area contributed by atoms with E-state index < -0.39 is 10.0 Å². The molecule has 0 amide bonds. The summed E-state index contributed by atoms with van der Waals surface area (Å²) in [5, 5.41) is 2.99. The minimum Gasteiger partial charge on any atom is -0.427 e. The van der Waals surface area contributed by atoms with Crippen LogP contribution in [0.1, 0.15) is 6.92 Å². The Morgan fingerprint density at radius 2 is 2.21 bits per heavy atom. The Morgan fingerprint density at radius 1 is 1.42 bits per heavy atom. The molecular formula is C12H15N3O3S. The van der Waals surface area contributed by atoms with E-state index in [1.165, 1.54) is 4.31 Å². The summed E-state index contributed by atoms with van der Waals surface area (Å²) in [6.07, 6.45) is 0. The maximum atomic E-state index is 12.4. The van der Waals surface area contributed by atoms with Crippen LogP contribution in [0.3, 0.4) is 0 Å². The minimum absolute atomic E-state index is 0.132. The normalized spacial score (nSPS) is 21.8. The van der Waals surface area contributed by atoms with Gasteiger partial charge in [0.15, 0.2) is 5.58 Å². The Morgan fingerprint density at radius 3 is 2.95 bits per heavy atom. The topological polar surface area (TPSA) is 75.4 Å². The minimum atomic E-state index is -3.64. The molecule has 2 aromatic rings. The monoisotopic (exact) mass is 281 g/mol. The highest BCUT2D eigenvalue weighted by Crippen LogP contribution is 2.21. The first kappa shape index (κ1) is 12.6. The van der Waals surface area contributed by atoms with Crippen LogP contribution in [0.2, 0.25) is 0 Å². The summed E-state index contributed by atoms with van der Waals surface area (Å²) in [7, 11) is -3.64. The SMILES string of the molecule is C[C@H]1CN(S(=O)(=O)c2nc3ccccc3o2)CCN1. The highest BCUT2D eigenvalue weighted by molar-refractivity contribution is 7.88. The fourth-order valence-electron chi connectivity index (χ4n) is 2.19. The van der Waals surface area contributed by atoms with Gasteiger partial charge in [0.05, 0.1) is 0 Å². The van der Waals surface area contributed by atoms with Gasteiger partial charge in [0.2, 0.25) is 0 Å². The summed E-state index contributed by atoms with van der Waals surface area (Å²) < 4.78 is 31.7. The third-order valence-electron chi connectivity index (χ3n) is 3.17. The molecule has 0 saturated carbocycles. The van der Waals surface area contributed by atoms with E-state index in [1.807, 2.05) is 6.92 Å². The van der Waals surface area contributed by atoms with Crippen molar-refractivity contribution in [2.24, 2.45) is 0 Å². The van der Waals surface area contributed by atoms with E-state index >= 15 is 0 Å². The van der Waals surface area contributed by atoms with Crippen LogP contribution in [0.5, 0.6) is 0 Å². The van der Waals surface area contributed by atoms with E-state index in [2.05, 4.69) is 10.3 Å². The van der Waals surface area contributed by atoms with Crippen molar-refractivity contribution in [1.29, 1.82) is 0 Å². The Hall–Kier alpha value is -1.44. The maximum Gasteiger partial charge on any atom is 0.332 e. The summed E-state index contributed by atoms with van der Waals surface area (Å²) in [6, 6.07) is 7.16. The largest absolute Gasteiger partial charge is 0.427 e. The molecule has 1 N–H and O–H groups in total. The second kappa shape index (κ2) is 4.59. The first-order valence-electron chi connectivity index (χ1n) is 6.16. The quantitative estimate of drug-likeness (QED) is 0.881. The predicted octanol–water partition coefficient (Wildman–Crippen LogP) is 0.810. The van der Waals surface area contributed by atoms with Gasteiger partial charge in [0.25, 0.3) is 10.0 Å². The van der Waals surface area contributed by atoms with Gasteiger partial charge in [0.1, 0.15) is 5.52 Å². The molecule has 1 aromatic carbocycles. The van der Waals surface area contributed by atoms with Crippen molar-refractivity contribution >= 4 is 21.1 Å². The van der Waals surface area contributed by atoms with E-state index in [4.69, 9.17) is 4.42 Å². The predicted molar refractivity (Wildman–Crippen MR) is 70.2 cm³/mol. The van der Waals surface area contributed by atoms with Crippen LogP contribution >= 0.6 is 0 Å². The lowest BCUT2D eigenvalue weighted by atomic mass is 10.3.